The summed E-state index contributed by atoms with van der Waals surface area (Å²) in [6.45, 7) is 0. The van der Waals surface area contributed by atoms with Gasteiger partial charge in [0.05, 0.1) is 11.6 Å². The van der Waals surface area contributed by atoms with Crippen molar-refractivity contribution in [3.05, 3.63) is 35.9 Å². The van der Waals surface area contributed by atoms with Gasteiger partial charge in [0.2, 0.25) is 0 Å². The zero-order valence-corrected chi connectivity index (χ0v) is 9.17. The normalized spacial score (nSPS) is 22.0. The lowest BCUT2D eigenvalue weighted by atomic mass is 10.0. The summed E-state index contributed by atoms with van der Waals surface area (Å²) in [5.74, 6) is -0.255. The molecule has 2 rings (SSSR count). The van der Waals surface area contributed by atoms with Crippen molar-refractivity contribution in [2.24, 2.45) is 0 Å². The second kappa shape index (κ2) is 4.75. The predicted octanol–water partition coefficient (Wildman–Crippen LogP) is 3.79. The van der Waals surface area contributed by atoms with Crippen molar-refractivity contribution in [3.63, 3.8) is 0 Å². The number of hydrogen-bond donors (Lipinski definition) is 0. The summed E-state index contributed by atoms with van der Waals surface area (Å²) < 4.78 is 13.5. The molecule has 0 bridgehead atoms. The zero-order chi connectivity index (χ0) is 10.7. The van der Waals surface area contributed by atoms with Gasteiger partial charge in [0.1, 0.15) is 5.82 Å². The van der Waals surface area contributed by atoms with E-state index >= 15 is 0 Å². The molecule has 0 fully saturated rings. The van der Waals surface area contributed by atoms with Crippen LogP contribution in [0.15, 0.2) is 24.5 Å². The number of nitrogens with zero attached hydrogens (tertiary/aromatic N) is 1. The highest BCUT2D eigenvalue weighted by atomic mass is 35.5. The lowest BCUT2D eigenvalue weighted by Crippen LogP contribution is -1.94. The third kappa shape index (κ3) is 2.57. The van der Waals surface area contributed by atoms with Gasteiger partial charge in [-0.2, -0.15) is 0 Å². The molecule has 1 atom stereocenters. The second-order valence-electron chi connectivity index (χ2n) is 3.81. The van der Waals surface area contributed by atoms with Crippen molar-refractivity contribution >= 4 is 17.2 Å². The molecule has 80 valence electrons. The van der Waals surface area contributed by atoms with E-state index in [1.54, 1.807) is 12.3 Å². The van der Waals surface area contributed by atoms with E-state index in [1.807, 2.05) is 6.08 Å². The van der Waals surface area contributed by atoms with Crippen LogP contribution < -0.4 is 0 Å². The van der Waals surface area contributed by atoms with Crippen LogP contribution in [0.4, 0.5) is 4.39 Å². The summed E-state index contributed by atoms with van der Waals surface area (Å²) in [6.07, 6.45) is 8.93. The maximum absolute atomic E-state index is 13.5. The van der Waals surface area contributed by atoms with Crippen LogP contribution in [0.5, 0.6) is 0 Å². The summed E-state index contributed by atoms with van der Waals surface area (Å²) in [6, 6.07) is 1.72. The largest absolute Gasteiger partial charge is 0.262 e. The molecule has 0 aliphatic heterocycles. The van der Waals surface area contributed by atoms with E-state index in [1.165, 1.54) is 6.20 Å². The Labute approximate surface area is 94.0 Å². The molecule has 1 heterocycles. The third-order valence-electron chi connectivity index (χ3n) is 2.68. The van der Waals surface area contributed by atoms with Gasteiger partial charge in [-0.05, 0) is 30.9 Å². The minimum atomic E-state index is -0.255. The average Bonchev–Trinajstić information content (AvgIpc) is 2.43. The quantitative estimate of drug-likeness (QED) is 0.663. The number of allylic oxidation sites excluding steroid dienone is 2. The van der Waals surface area contributed by atoms with E-state index in [0.29, 0.717) is 5.56 Å². The van der Waals surface area contributed by atoms with Crippen LogP contribution >= 0.6 is 11.6 Å². The van der Waals surface area contributed by atoms with E-state index in [-0.39, 0.29) is 11.2 Å². The standard InChI is InChI=1S/C12H13ClFN/c13-10-4-2-1-3-9(7-10)11-5-6-15-8-12(11)14/h5-8,10H,1-4H2. The minimum Gasteiger partial charge on any atom is -0.262 e. The second-order valence-corrected chi connectivity index (χ2v) is 4.37. The van der Waals surface area contributed by atoms with Gasteiger partial charge >= 0.3 is 0 Å². The molecular weight excluding hydrogens is 213 g/mol. The van der Waals surface area contributed by atoms with Crippen molar-refractivity contribution in [2.45, 2.75) is 31.1 Å². The molecule has 1 aliphatic carbocycles. The van der Waals surface area contributed by atoms with E-state index in [0.717, 1.165) is 31.3 Å². The van der Waals surface area contributed by atoms with Gasteiger partial charge in [0, 0.05) is 11.8 Å². The third-order valence-corrected chi connectivity index (χ3v) is 3.02. The zero-order valence-electron chi connectivity index (χ0n) is 8.42. The average molecular weight is 226 g/mol. The number of rotatable bonds is 1. The van der Waals surface area contributed by atoms with Crippen LogP contribution in [0.1, 0.15) is 31.2 Å². The molecule has 0 spiro atoms. The fourth-order valence-corrected chi connectivity index (χ4v) is 2.21. The summed E-state index contributed by atoms with van der Waals surface area (Å²) in [5.41, 5.74) is 1.67. The van der Waals surface area contributed by atoms with E-state index in [9.17, 15) is 4.39 Å². The van der Waals surface area contributed by atoms with Gasteiger partial charge in [0.15, 0.2) is 0 Å². The summed E-state index contributed by atoms with van der Waals surface area (Å²) in [7, 11) is 0. The van der Waals surface area contributed by atoms with Gasteiger partial charge in [-0.3, -0.25) is 4.98 Å². The number of halogens is 2. The molecule has 0 radical (unpaired) electrons. The molecule has 0 amide bonds. The number of alkyl halides is 1. The topological polar surface area (TPSA) is 12.9 Å². The molecular formula is C12H13ClFN. The van der Waals surface area contributed by atoms with Crippen molar-refractivity contribution < 1.29 is 4.39 Å². The van der Waals surface area contributed by atoms with E-state index in [2.05, 4.69) is 4.98 Å². The Morgan fingerprint density at radius 1 is 1.40 bits per heavy atom. The molecule has 1 nitrogen and oxygen atoms in total. The predicted molar refractivity (Wildman–Crippen MR) is 60.3 cm³/mol. The summed E-state index contributed by atoms with van der Waals surface area (Å²) in [5, 5.41) is 0.0371. The molecule has 3 heteroatoms. The molecule has 1 unspecified atom stereocenters. The minimum absolute atomic E-state index is 0.0371. The maximum Gasteiger partial charge on any atom is 0.148 e. The Hall–Kier alpha value is -0.890. The highest BCUT2D eigenvalue weighted by Crippen LogP contribution is 2.29. The first-order valence-electron chi connectivity index (χ1n) is 5.22. The van der Waals surface area contributed by atoms with Crippen molar-refractivity contribution in [3.8, 4) is 0 Å². The van der Waals surface area contributed by atoms with E-state index in [4.69, 9.17) is 11.6 Å². The van der Waals surface area contributed by atoms with Crippen LogP contribution in [0, 0.1) is 5.82 Å². The Kier molecular flexibility index (Phi) is 3.37. The van der Waals surface area contributed by atoms with Gasteiger partial charge in [-0.1, -0.05) is 12.5 Å². The first-order chi connectivity index (χ1) is 7.27. The summed E-state index contributed by atoms with van der Waals surface area (Å²) >= 11 is 6.10. The van der Waals surface area contributed by atoms with Gasteiger partial charge in [0.25, 0.3) is 0 Å². The highest BCUT2D eigenvalue weighted by Gasteiger charge is 2.13. The monoisotopic (exact) mass is 225 g/mol. The highest BCUT2D eigenvalue weighted by molar-refractivity contribution is 6.22. The van der Waals surface area contributed by atoms with Crippen LogP contribution in [0.2, 0.25) is 0 Å². The maximum atomic E-state index is 13.5. The molecule has 0 N–H and O–H groups in total. The fraction of sp³-hybridized carbons (Fsp3) is 0.417. The molecule has 1 aromatic heterocycles. The molecule has 1 aromatic rings. The summed E-state index contributed by atoms with van der Waals surface area (Å²) in [4.78, 5) is 3.75. The first kappa shape index (κ1) is 10.6. The molecule has 15 heavy (non-hydrogen) atoms. The van der Waals surface area contributed by atoms with E-state index < -0.39 is 0 Å². The van der Waals surface area contributed by atoms with Crippen LogP contribution in [0.25, 0.3) is 5.57 Å². The van der Waals surface area contributed by atoms with Crippen LogP contribution in [-0.2, 0) is 0 Å². The lowest BCUT2D eigenvalue weighted by Gasteiger charge is -2.06. The van der Waals surface area contributed by atoms with Gasteiger partial charge in [-0.15, -0.1) is 11.6 Å². The Morgan fingerprint density at radius 3 is 3.07 bits per heavy atom. The first-order valence-corrected chi connectivity index (χ1v) is 5.65. The molecule has 0 aromatic carbocycles. The van der Waals surface area contributed by atoms with Crippen LogP contribution in [-0.4, -0.2) is 10.4 Å². The van der Waals surface area contributed by atoms with Crippen molar-refractivity contribution in [1.82, 2.24) is 4.98 Å². The van der Waals surface area contributed by atoms with Gasteiger partial charge in [-0.25, -0.2) is 4.39 Å². The SMILES string of the molecule is Fc1cnccc1C1=CC(Cl)CCCC1. The number of hydrogen-bond acceptors (Lipinski definition) is 1. The number of aromatic nitrogens is 1. The van der Waals surface area contributed by atoms with Gasteiger partial charge < -0.3 is 0 Å². The lowest BCUT2D eigenvalue weighted by molar-refractivity contribution is 0.616. The van der Waals surface area contributed by atoms with Crippen molar-refractivity contribution in [1.29, 1.82) is 0 Å². The smallest absolute Gasteiger partial charge is 0.148 e. The Balaban J connectivity index is 2.33. The molecule has 0 saturated heterocycles. The number of pyridine rings is 1. The fourth-order valence-electron chi connectivity index (χ4n) is 1.90. The molecule has 1 aliphatic rings. The van der Waals surface area contributed by atoms with Crippen molar-refractivity contribution in [2.75, 3.05) is 0 Å². The Bertz CT molecular complexity index is 376. The Morgan fingerprint density at radius 2 is 2.27 bits per heavy atom. The molecule has 0 saturated carbocycles. The van der Waals surface area contributed by atoms with Crippen LogP contribution in [0.3, 0.4) is 0 Å².